The molecule has 0 unspecified atom stereocenters. The first-order chi connectivity index (χ1) is 11.5. The van der Waals surface area contributed by atoms with Gasteiger partial charge in [-0.3, -0.25) is 4.79 Å². The summed E-state index contributed by atoms with van der Waals surface area (Å²) in [5.74, 6) is 1.30. The van der Waals surface area contributed by atoms with Crippen LogP contribution in [0, 0.1) is 6.92 Å². The maximum absolute atomic E-state index is 12.5. The summed E-state index contributed by atoms with van der Waals surface area (Å²) in [6.07, 6.45) is 0.0738. The van der Waals surface area contributed by atoms with E-state index in [1.165, 1.54) is 5.56 Å². The molecule has 0 spiro atoms. The van der Waals surface area contributed by atoms with Gasteiger partial charge in [-0.15, -0.1) is 0 Å². The maximum Gasteiger partial charge on any atom is 0.261 e. The van der Waals surface area contributed by atoms with E-state index in [9.17, 15) is 4.79 Å². The summed E-state index contributed by atoms with van der Waals surface area (Å²) in [6.45, 7) is 5.95. The highest BCUT2D eigenvalue weighted by molar-refractivity contribution is 5.81. The van der Waals surface area contributed by atoms with E-state index in [4.69, 9.17) is 9.47 Å². The lowest BCUT2D eigenvalue weighted by Crippen LogP contribution is -2.39. The molecule has 1 N–H and O–H groups in total. The van der Waals surface area contributed by atoms with Crippen molar-refractivity contribution in [3.63, 3.8) is 0 Å². The van der Waals surface area contributed by atoms with Gasteiger partial charge in [-0.1, -0.05) is 36.8 Å². The molecule has 0 radical (unpaired) electrons. The maximum atomic E-state index is 12.5. The van der Waals surface area contributed by atoms with E-state index in [1.807, 2.05) is 57.2 Å². The monoisotopic (exact) mass is 327 g/mol. The highest BCUT2D eigenvalue weighted by atomic mass is 16.5. The molecule has 0 aliphatic heterocycles. The third-order valence-corrected chi connectivity index (χ3v) is 3.94. The molecule has 0 fully saturated rings. The molecule has 2 aromatic rings. The molecule has 4 heteroatoms. The molecule has 1 amide bonds. The van der Waals surface area contributed by atoms with E-state index in [-0.39, 0.29) is 11.9 Å². The zero-order valence-corrected chi connectivity index (χ0v) is 14.7. The first-order valence-corrected chi connectivity index (χ1v) is 8.21. The van der Waals surface area contributed by atoms with Crippen LogP contribution in [0.1, 0.15) is 37.4 Å². The summed E-state index contributed by atoms with van der Waals surface area (Å²) in [7, 11) is 1.62. The van der Waals surface area contributed by atoms with Crippen LogP contribution in [0.3, 0.4) is 0 Å². The van der Waals surface area contributed by atoms with E-state index in [1.54, 1.807) is 19.2 Å². The molecular weight excluding hydrogens is 302 g/mol. The van der Waals surface area contributed by atoms with Crippen LogP contribution in [0.5, 0.6) is 11.5 Å². The Balaban J connectivity index is 1.98. The highest BCUT2D eigenvalue weighted by Crippen LogP contribution is 2.20. The zero-order valence-electron chi connectivity index (χ0n) is 14.7. The quantitative estimate of drug-likeness (QED) is 0.835. The Morgan fingerprint density at radius 1 is 1.04 bits per heavy atom. The Morgan fingerprint density at radius 3 is 2.17 bits per heavy atom. The first kappa shape index (κ1) is 17.9. The number of carbonyl (C=O) groups is 1. The van der Waals surface area contributed by atoms with Crippen LogP contribution in [-0.4, -0.2) is 19.1 Å². The molecular formula is C20H25NO3. The highest BCUT2D eigenvalue weighted by Gasteiger charge is 2.20. The Morgan fingerprint density at radius 2 is 1.62 bits per heavy atom. The van der Waals surface area contributed by atoms with Crippen LogP contribution in [0.15, 0.2) is 48.5 Å². The van der Waals surface area contributed by atoms with Gasteiger partial charge in [0.15, 0.2) is 6.10 Å². The Kier molecular flexibility index (Phi) is 6.24. The zero-order chi connectivity index (χ0) is 17.5. The molecule has 0 saturated heterocycles. The van der Waals surface area contributed by atoms with Gasteiger partial charge in [0.25, 0.3) is 5.91 Å². The standard InChI is InChI=1S/C20H25NO3/c1-5-19(24-18-12-10-17(23-4)11-13-18)20(22)21-15(3)16-8-6-14(2)7-9-16/h6-13,15,19H,5H2,1-4H3,(H,21,22)/t15-,19+/m0/s1. The smallest absolute Gasteiger partial charge is 0.261 e. The Labute approximate surface area is 143 Å². The third kappa shape index (κ3) is 4.75. The number of methoxy groups -OCH3 is 1. The fourth-order valence-corrected chi connectivity index (χ4v) is 2.39. The van der Waals surface area contributed by atoms with Crippen LogP contribution in [0.25, 0.3) is 0 Å². The summed E-state index contributed by atoms with van der Waals surface area (Å²) in [5, 5.41) is 3.02. The van der Waals surface area contributed by atoms with E-state index in [0.29, 0.717) is 12.2 Å². The van der Waals surface area contributed by atoms with Crippen molar-refractivity contribution in [2.24, 2.45) is 0 Å². The fourth-order valence-electron chi connectivity index (χ4n) is 2.39. The molecule has 0 bridgehead atoms. The number of hydrogen-bond donors (Lipinski definition) is 1. The van der Waals surface area contributed by atoms with Crippen LogP contribution in [0.2, 0.25) is 0 Å². The van der Waals surface area contributed by atoms with Crippen molar-refractivity contribution in [3.8, 4) is 11.5 Å². The lowest BCUT2D eigenvalue weighted by Gasteiger charge is -2.21. The van der Waals surface area contributed by atoms with Gasteiger partial charge in [0.1, 0.15) is 11.5 Å². The molecule has 4 nitrogen and oxygen atoms in total. The number of aryl methyl sites for hydroxylation is 1. The lowest BCUT2D eigenvalue weighted by atomic mass is 10.1. The second-order valence-electron chi connectivity index (χ2n) is 5.83. The number of rotatable bonds is 7. The normalized spacial score (nSPS) is 13.0. The third-order valence-electron chi connectivity index (χ3n) is 3.94. The molecule has 0 aliphatic rings. The summed E-state index contributed by atoms with van der Waals surface area (Å²) in [5.41, 5.74) is 2.28. The molecule has 2 atom stereocenters. The van der Waals surface area contributed by atoms with Gasteiger partial charge in [0, 0.05) is 0 Å². The van der Waals surface area contributed by atoms with Crippen molar-refractivity contribution in [2.75, 3.05) is 7.11 Å². The Hall–Kier alpha value is -2.49. The van der Waals surface area contributed by atoms with Gasteiger partial charge < -0.3 is 14.8 Å². The summed E-state index contributed by atoms with van der Waals surface area (Å²) < 4.78 is 10.9. The number of hydrogen-bond acceptors (Lipinski definition) is 3. The fraction of sp³-hybridized carbons (Fsp3) is 0.350. The van der Waals surface area contributed by atoms with Crippen molar-refractivity contribution < 1.29 is 14.3 Å². The minimum atomic E-state index is -0.522. The SMILES string of the molecule is CC[C@@H](Oc1ccc(OC)cc1)C(=O)N[C@@H](C)c1ccc(C)cc1. The second-order valence-corrected chi connectivity index (χ2v) is 5.83. The minimum Gasteiger partial charge on any atom is -0.497 e. The van der Waals surface area contributed by atoms with Gasteiger partial charge in [0.2, 0.25) is 0 Å². The van der Waals surface area contributed by atoms with Crippen molar-refractivity contribution >= 4 is 5.91 Å². The molecule has 0 aromatic heterocycles. The van der Waals surface area contributed by atoms with Crippen molar-refractivity contribution in [1.82, 2.24) is 5.32 Å². The molecule has 2 aromatic carbocycles. The van der Waals surface area contributed by atoms with Crippen molar-refractivity contribution in [3.05, 3.63) is 59.7 Å². The number of nitrogens with one attached hydrogen (secondary N) is 1. The Bertz CT molecular complexity index is 650. The number of benzene rings is 2. The average molecular weight is 327 g/mol. The van der Waals surface area contributed by atoms with Crippen LogP contribution >= 0.6 is 0 Å². The number of carbonyl (C=O) groups excluding carboxylic acids is 1. The largest absolute Gasteiger partial charge is 0.497 e. The summed E-state index contributed by atoms with van der Waals surface area (Å²) in [6, 6.07) is 15.3. The van der Waals surface area contributed by atoms with E-state index in [2.05, 4.69) is 5.32 Å². The van der Waals surface area contributed by atoms with E-state index < -0.39 is 6.10 Å². The molecule has 2 rings (SSSR count). The van der Waals surface area contributed by atoms with Gasteiger partial charge in [-0.25, -0.2) is 0 Å². The van der Waals surface area contributed by atoms with Gasteiger partial charge in [-0.05, 0) is 50.1 Å². The molecule has 0 aliphatic carbocycles. The number of amides is 1. The average Bonchev–Trinajstić information content (AvgIpc) is 2.60. The summed E-state index contributed by atoms with van der Waals surface area (Å²) >= 11 is 0. The van der Waals surface area contributed by atoms with E-state index in [0.717, 1.165) is 11.3 Å². The van der Waals surface area contributed by atoms with Gasteiger partial charge in [-0.2, -0.15) is 0 Å². The second kappa shape index (κ2) is 8.39. The molecule has 0 heterocycles. The summed E-state index contributed by atoms with van der Waals surface area (Å²) in [4.78, 5) is 12.5. The van der Waals surface area contributed by atoms with Crippen LogP contribution in [-0.2, 0) is 4.79 Å². The number of ether oxygens (including phenoxy) is 2. The minimum absolute atomic E-state index is 0.0633. The topological polar surface area (TPSA) is 47.6 Å². The van der Waals surface area contributed by atoms with Gasteiger partial charge in [0.05, 0.1) is 13.2 Å². The molecule has 128 valence electrons. The van der Waals surface area contributed by atoms with E-state index >= 15 is 0 Å². The van der Waals surface area contributed by atoms with Crippen LogP contribution in [0.4, 0.5) is 0 Å². The predicted molar refractivity (Wildman–Crippen MR) is 95.4 cm³/mol. The predicted octanol–water partition coefficient (Wildman–Crippen LogP) is 4.04. The van der Waals surface area contributed by atoms with Crippen LogP contribution < -0.4 is 14.8 Å². The van der Waals surface area contributed by atoms with Crippen molar-refractivity contribution in [1.29, 1.82) is 0 Å². The lowest BCUT2D eigenvalue weighted by molar-refractivity contribution is -0.128. The van der Waals surface area contributed by atoms with Gasteiger partial charge >= 0.3 is 0 Å². The first-order valence-electron chi connectivity index (χ1n) is 8.21. The van der Waals surface area contributed by atoms with Crippen molar-refractivity contribution in [2.45, 2.75) is 39.3 Å². The molecule has 0 saturated carbocycles. The molecule has 24 heavy (non-hydrogen) atoms.